The van der Waals surface area contributed by atoms with E-state index in [0.717, 1.165) is 0 Å². The van der Waals surface area contributed by atoms with Crippen molar-refractivity contribution >= 4 is 67.5 Å². The normalized spacial score (nSPS) is 13.5. The van der Waals surface area contributed by atoms with Gasteiger partial charge in [-0.15, -0.1) is 0 Å². The zero-order valence-corrected chi connectivity index (χ0v) is 40.6. The minimum Gasteiger partial charge on any atom is -0.375 e. The molecule has 10 aromatic rings. The third-order valence-electron chi connectivity index (χ3n) is 14.9. The number of anilines is 3. The highest BCUT2D eigenvalue weighted by molar-refractivity contribution is 6.90. The standard InChI is InChI=1S/C63H58BN3/c1-39-20-14-15-23-45(39)56-57-54(66-51-26-18-16-24-46(51)47-25-17-19-27-52(47)66)35-33-48-49-36-43(63(8,9)10)38-55-58(49)64(67(60(48)57)59(56)40-21-12-11-13-22-40)50-37-42(62(5,6)7)30-34-53(50)65(55)44-31-28-41(29-32-44)61(2,3)4/h11-38H,1-10H3. The molecule has 0 atom stereocenters. The molecular weight excluding hydrogens is 810 g/mol. The van der Waals surface area contributed by atoms with Gasteiger partial charge in [-0.2, -0.15) is 0 Å². The molecule has 0 bridgehead atoms. The highest BCUT2D eigenvalue weighted by Gasteiger charge is 2.46. The van der Waals surface area contributed by atoms with Crippen LogP contribution in [0.2, 0.25) is 0 Å². The molecule has 2 aliphatic rings. The second kappa shape index (κ2) is 14.5. The van der Waals surface area contributed by atoms with Crippen LogP contribution < -0.4 is 15.8 Å². The molecule has 0 saturated heterocycles. The minimum absolute atomic E-state index is 0.0423. The number of hydrogen-bond acceptors (Lipinski definition) is 1. The summed E-state index contributed by atoms with van der Waals surface area (Å²) in [6, 6.07) is 64.9. The summed E-state index contributed by atoms with van der Waals surface area (Å²) in [5.41, 5.74) is 23.9. The summed E-state index contributed by atoms with van der Waals surface area (Å²) < 4.78 is 5.33. The summed E-state index contributed by atoms with van der Waals surface area (Å²) in [5, 5.41) is 3.80. The van der Waals surface area contributed by atoms with Crippen LogP contribution in [-0.4, -0.2) is 15.9 Å². The number of nitrogens with zero attached hydrogens (tertiary/aromatic N) is 3. The smallest absolute Gasteiger partial charge is 0.333 e. The molecular formula is C63H58BN3. The van der Waals surface area contributed by atoms with Crippen LogP contribution in [0.1, 0.15) is 84.6 Å². The fourth-order valence-corrected chi connectivity index (χ4v) is 11.4. The summed E-state index contributed by atoms with van der Waals surface area (Å²) in [6.45, 7) is 23.2. The first-order valence-corrected chi connectivity index (χ1v) is 24.1. The number of rotatable bonds is 4. The molecule has 0 amide bonds. The van der Waals surface area contributed by atoms with E-state index in [1.165, 1.54) is 122 Å². The van der Waals surface area contributed by atoms with Gasteiger partial charge in [0.1, 0.15) is 0 Å². The maximum absolute atomic E-state index is 2.78. The number of hydrogen-bond donors (Lipinski definition) is 0. The minimum atomic E-state index is -0.127. The Morgan fingerprint density at radius 1 is 0.448 bits per heavy atom. The monoisotopic (exact) mass is 867 g/mol. The first-order chi connectivity index (χ1) is 32.1. The van der Waals surface area contributed by atoms with Gasteiger partial charge in [0, 0.05) is 55.6 Å². The molecule has 0 fully saturated rings. The van der Waals surface area contributed by atoms with Crippen molar-refractivity contribution in [2.75, 3.05) is 4.90 Å². The van der Waals surface area contributed by atoms with Crippen LogP contribution in [0.3, 0.4) is 0 Å². The van der Waals surface area contributed by atoms with Crippen LogP contribution in [0, 0.1) is 6.92 Å². The Morgan fingerprint density at radius 3 is 1.67 bits per heavy atom. The molecule has 8 aromatic carbocycles. The quantitative estimate of drug-likeness (QED) is 0.161. The van der Waals surface area contributed by atoms with Crippen molar-refractivity contribution in [1.82, 2.24) is 9.05 Å². The van der Waals surface area contributed by atoms with E-state index in [1.54, 1.807) is 0 Å². The molecule has 0 aliphatic carbocycles. The predicted molar refractivity (Wildman–Crippen MR) is 289 cm³/mol. The van der Waals surface area contributed by atoms with E-state index in [1.807, 2.05) is 0 Å². The number of fused-ring (bicyclic) bond motifs is 7. The third kappa shape index (κ3) is 6.18. The summed E-state index contributed by atoms with van der Waals surface area (Å²) >= 11 is 0. The average molecular weight is 868 g/mol. The van der Waals surface area contributed by atoms with Gasteiger partial charge in [-0.05, 0) is 116 Å². The molecule has 67 heavy (non-hydrogen) atoms. The third-order valence-corrected chi connectivity index (χ3v) is 14.9. The van der Waals surface area contributed by atoms with Crippen molar-refractivity contribution < 1.29 is 0 Å². The fraction of sp³-hybridized carbons (Fsp3) is 0.206. The molecule has 0 spiro atoms. The highest BCUT2D eigenvalue weighted by Crippen LogP contribution is 2.53. The van der Waals surface area contributed by atoms with Gasteiger partial charge < -0.3 is 13.9 Å². The van der Waals surface area contributed by atoms with Gasteiger partial charge in [0.2, 0.25) is 0 Å². The van der Waals surface area contributed by atoms with Crippen LogP contribution in [0.4, 0.5) is 17.1 Å². The molecule has 3 nitrogen and oxygen atoms in total. The maximum atomic E-state index is 2.78. The first-order valence-electron chi connectivity index (χ1n) is 24.1. The van der Waals surface area contributed by atoms with Crippen LogP contribution >= 0.6 is 0 Å². The lowest BCUT2D eigenvalue weighted by molar-refractivity contribution is 0.590. The lowest BCUT2D eigenvalue weighted by Crippen LogP contribution is -2.57. The number of benzene rings is 8. The molecule has 328 valence electrons. The molecule has 2 aliphatic heterocycles. The summed E-state index contributed by atoms with van der Waals surface area (Å²) in [4.78, 5) is 2.58. The molecule has 0 radical (unpaired) electrons. The second-order valence-corrected chi connectivity index (χ2v) is 22.3. The lowest BCUT2D eigenvalue weighted by atomic mass is 9.44. The molecule has 12 rings (SSSR count). The van der Waals surface area contributed by atoms with Crippen molar-refractivity contribution in [3.63, 3.8) is 0 Å². The Hall–Kier alpha value is -7.04. The van der Waals surface area contributed by atoms with Crippen molar-refractivity contribution in [3.05, 3.63) is 192 Å². The molecule has 4 heteroatoms. The predicted octanol–water partition coefficient (Wildman–Crippen LogP) is 15.7. The lowest BCUT2D eigenvalue weighted by Gasteiger charge is -2.42. The summed E-state index contributed by atoms with van der Waals surface area (Å²) in [5.74, 6) is 0. The molecule has 0 saturated carbocycles. The van der Waals surface area contributed by atoms with Crippen LogP contribution in [0.15, 0.2) is 170 Å². The zero-order valence-electron chi connectivity index (χ0n) is 40.6. The van der Waals surface area contributed by atoms with E-state index in [2.05, 4.69) is 253 Å². The van der Waals surface area contributed by atoms with Gasteiger partial charge in [0.05, 0.1) is 16.7 Å². The van der Waals surface area contributed by atoms with Crippen molar-refractivity contribution in [3.8, 4) is 39.2 Å². The Balaban J connectivity index is 1.31. The average Bonchev–Trinajstić information content (AvgIpc) is 3.84. The largest absolute Gasteiger partial charge is 0.375 e. The molecule has 4 heterocycles. The van der Waals surface area contributed by atoms with Crippen LogP contribution in [0.5, 0.6) is 0 Å². The number of aromatic nitrogens is 2. The van der Waals surface area contributed by atoms with Gasteiger partial charge in [-0.3, -0.25) is 0 Å². The van der Waals surface area contributed by atoms with E-state index < -0.39 is 0 Å². The van der Waals surface area contributed by atoms with E-state index >= 15 is 0 Å². The molecule has 0 N–H and O–H groups in total. The summed E-state index contributed by atoms with van der Waals surface area (Å²) in [7, 11) is 0. The van der Waals surface area contributed by atoms with Gasteiger partial charge >= 0.3 is 6.85 Å². The van der Waals surface area contributed by atoms with E-state index in [0.29, 0.717) is 0 Å². The van der Waals surface area contributed by atoms with Gasteiger partial charge in [-0.1, -0.05) is 190 Å². The van der Waals surface area contributed by atoms with Gasteiger partial charge in [0.25, 0.3) is 0 Å². The number of para-hydroxylation sites is 2. The molecule has 0 unspecified atom stereocenters. The highest BCUT2D eigenvalue weighted by atomic mass is 15.2. The van der Waals surface area contributed by atoms with E-state index in [-0.39, 0.29) is 23.1 Å². The Morgan fingerprint density at radius 2 is 1.03 bits per heavy atom. The Bertz CT molecular complexity index is 3590. The van der Waals surface area contributed by atoms with E-state index in [4.69, 9.17) is 0 Å². The maximum Gasteiger partial charge on any atom is 0.333 e. The van der Waals surface area contributed by atoms with Crippen LogP contribution in [-0.2, 0) is 16.2 Å². The van der Waals surface area contributed by atoms with Gasteiger partial charge in [0.15, 0.2) is 0 Å². The zero-order chi connectivity index (χ0) is 46.3. The van der Waals surface area contributed by atoms with Crippen molar-refractivity contribution in [2.45, 2.75) is 85.5 Å². The van der Waals surface area contributed by atoms with Crippen molar-refractivity contribution in [1.29, 1.82) is 0 Å². The molecule has 2 aromatic heterocycles. The fourth-order valence-electron chi connectivity index (χ4n) is 11.4. The summed E-state index contributed by atoms with van der Waals surface area (Å²) in [6.07, 6.45) is 0. The van der Waals surface area contributed by atoms with Gasteiger partial charge in [-0.25, -0.2) is 0 Å². The Labute approximate surface area is 396 Å². The topological polar surface area (TPSA) is 13.1 Å². The second-order valence-electron chi connectivity index (χ2n) is 22.3. The Kier molecular flexibility index (Phi) is 8.95. The number of aryl methyl sites for hydroxylation is 1. The van der Waals surface area contributed by atoms with Crippen molar-refractivity contribution in [2.24, 2.45) is 0 Å². The van der Waals surface area contributed by atoms with E-state index in [9.17, 15) is 0 Å². The van der Waals surface area contributed by atoms with Crippen LogP contribution in [0.25, 0.3) is 71.9 Å². The SMILES string of the molecule is Cc1ccccc1-c1c(-c2ccccc2)n2c3c(ccc(-n4c5ccccc5c5ccccc54)c13)-c1cc(C(C)(C)C)cc3c1B2c1cc(C(C)(C)C)ccc1N3c1ccc(C(C)(C)C)cc1. The first kappa shape index (κ1) is 41.4.